The summed E-state index contributed by atoms with van der Waals surface area (Å²) >= 11 is 0. The van der Waals surface area contributed by atoms with E-state index >= 15 is 0 Å². The van der Waals surface area contributed by atoms with Crippen molar-refractivity contribution in [3.63, 3.8) is 0 Å². The molecule has 2 rings (SSSR count). The molecule has 0 aromatic rings. The average Bonchev–Trinajstić information content (AvgIpc) is 3.00. The van der Waals surface area contributed by atoms with Gasteiger partial charge in [0, 0.05) is 24.7 Å². The third kappa shape index (κ3) is 3.58. The van der Waals surface area contributed by atoms with E-state index in [1.54, 1.807) is 0 Å². The van der Waals surface area contributed by atoms with Crippen molar-refractivity contribution in [3.05, 3.63) is 0 Å². The minimum absolute atomic E-state index is 0.657. The molecular weight excluding hydrogens is 172 g/mol. The topological polar surface area (TPSA) is 24.1 Å². The van der Waals surface area contributed by atoms with Crippen molar-refractivity contribution in [1.29, 1.82) is 0 Å². The molecule has 0 aliphatic heterocycles. The second-order valence-corrected chi connectivity index (χ2v) is 5.09. The Morgan fingerprint density at radius 1 is 1.00 bits per heavy atom. The maximum absolute atomic E-state index is 3.69. The van der Waals surface area contributed by atoms with Gasteiger partial charge in [0.1, 0.15) is 0 Å². The first kappa shape index (κ1) is 10.4. The summed E-state index contributed by atoms with van der Waals surface area (Å²) in [7, 11) is 0. The maximum Gasteiger partial charge on any atom is 0.0166 e. The number of hydrogen-bond acceptors (Lipinski definition) is 2. The van der Waals surface area contributed by atoms with Crippen molar-refractivity contribution in [3.8, 4) is 0 Å². The zero-order valence-corrected chi connectivity index (χ0v) is 9.39. The molecule has 0 heterocycles. The highest BCUT2D eigenvalue weighted by Gasteiger charge is 2.23. The third-order valence-electron chi connectivity index (χ3n) is 3.42. The molecule has 0 aromatic heterocycles. The van der Waals surface area contributed by atoms with Crippen LogP contribution in [0.2, 0.25) is 0 Å². The Labute approximate surface area is 87.8 Å². The van der Waals surface area contributed by atoms with Gasteiger partial charge in [0.05, 0.1) is 0 Å². The molecule has 14 heavy (non-hydrogen) atoms. The summed E-state index contributed by atoms with van der Waals surface area (Å²) in [5.41, 5.74) is 0. The first-order chi connectivity index (χ1) is 6.84. The molecule has 2 N–H and O–H groups in total. The molecular formula is C12H24N2. The number of nitrogens with one attached hydrogen (secondary N) is 2. The molecule has 0 spiro atoms. The number of hydrogen-bond donors (Lipinski definition) is 2. The summed E-state index contributed by atoms with van der Waals surface area (Å²) in [5, 5.41) is 7.32. The van der Waals surface area contributed by atoms with Crippen LogP contribution in [-0.2, 0) is 0 Å². The van der Waals surface area contributed by atoms with E-state index in [-0.39, 0.29) is 0 Å². The van der Waals surface area contributed by atoms with E-state index in [9.17, 15) is 0 Å². The normalized spacial score (nSPS) is 26.4. The molecule has 0 radical (unpaired) electrons. The van der Waals surface area contributed by atoms with Gasteiger partial charge >= 0.3 is 0 Å². The van der Waals surface area contributed by atoms with E-state index < -0.39 is 0 Å². The van der Waals surface area contributed by atoms with Crippen molar-refractivity contribution < 1.29 is 0 Å². The van der Waals surface area contributed by atoms with Gasteiger partial charge in [-0.15, -0.1) is 0 Å². The molecule has 0 saturated heterocycles. The summed E-state index contributed by atoms with van der Waals surface area (Å²) in [6, 6.07) is 2.31. The summed E-state index contributed by atoms with van der Waals surface area (Å²) in [4.78, 5) is 0. The molecule has 2 heteroatoms. The second-order valence-electron chi connectivity index (χ2n) is 5.09. The molecule has 2 nitrogen and oxygen atoms in total. The molecule has 0 aromatic carbocycles. The maximum atomic E-state index is 3.69. The van der Waals surface area contributed by atoms with Crippen LogP contribution in [0.15, 0.2) is 0 Å². The van der Waals surface area contributed by atoms with Gasteiger partial charge in [-0.05, 0) is 32.6 Å². The standard InChI is InChI=1S/C12H24N2/c1-10(14-12-7-8-12)9-13-11-5-3-2-4-6-11/h10-14H,2-9H2,1H3. The zero-order valence-electron chi connectivity index (χ0n) is 9.39. The van der Waals surface area contributed by atoms with Gasteiger partial charge in [0.25, 0.3) is 0 Å². The third-order valence-corrected chi connectivity index (χ3v) is 3.42. The van der Waals surface area contributed by atoms with E-state index in [1.165, 1.54) is 44.9 Å². The number of rotatable bonds is 5. The van der Waals surface area contributed by atoms with E-state index in [0.29, 0.717) is 6.04 Å². The highest BCUT2D eigenvalue weighted by atomic mass is 15.0. The quantitative estimate of drug-likeness (QED) is 0.703. The average molecular weight is 196 g/mol. The van der Waals surface area contributed by atoms with Crippen LogP contribution in [0, 0.1) is 0 Å². The Morgan fingerprint density at radius 3 is 2.36 bits per heavy atom. The first-order valence-corrected chi connectivity index (χ1v) is 6.34. The van der Waals surface area contributed by atoms with E-state index in [0.717, 1.165) is 18.6 Å². The van der Waals surface area contributed by atoms with Crippen molar-refractivity contribution >= 4 is 0 Å². The van der Waals surface area contributed by atoms with Crippen LogP contribution in [0.4, 0.5) is 0 Å². The van der Waals surface area contributed by atoms with Crippen molar-refractivity contribution in [2.45, 2.75) is 70.0 Å². The van der Waals surface area contributed by atoms with E-state index in [4.69, 9.17) is 0 Å². The molecule has 1 atom stereocenters. The van der Waals surface area contributed by atoms with Gasteiger partial charge in [-0.1, -0.05) is 19.3 Å². The molecule has 0 amide bonds. The van der Waals surface area contributed by atoms with E-state index in [1.807, 2.05) is 0 Å². The molecule has 2 aliphatic carbocycles. The van der Waals surface area contributed by atoms with Gasteiger partial charge in [0.2, 0.25) is 0 Å². The Hall–Kier alpha value is -0.0800. The van der Waals surface area contributed by atoms with Crippen LogP contribution >= 0.6 is 0 Å². The lowest BCUT2D eigenvalue weighted by Gasteiger charge is -2.25. The van der Waals surface area contributed by atoms with Gasteiger partial charge in [0.15, 0.2) is 0 Å². The van der Waals surface area contributed by atoms with Crippen molar-refractivity contribution in [1.82, 2.24) is 10.6 Å². The van der Waals surface area contributed by atoms with Gasteiger partial charge in [-0.3, -0.25) is 0 Å². The Bertz CT molecular complexity index is 160. The predicted octanol–water partition coefficient (Wildman–Crippen LogP) is 2.05. The van der Waals surface area contributed by atoms with Crippen LogP contribution in [0.5, 0.6) is 0 Å². The Morgan fingerprint density at radius 2 is 1.71 bits per heavy atom. The van der Waals surface area contributed by atoms with Gasteiger partial charge in [-0.25, -0.2) is 0 Å². The fraction of sp³-hybridized carbons (Fsp3) is 1.00. The minimum atomic E-state index is 0.657. The highest BCUT2D eigenvalue weighted by Crippen LogP contribution is 2.20. The predicted molar refractivity (Wildman–Crippen MR) is 60.5 cm³/mol. The monoisotopic (exact) mass is 196 g/mol. The van der Waals surface area contributed by atoms with Gasteiger partial charge in [-0.2, -0.15) is 0 Å². The second kappa shape index (κ2) is 5.13. The Kier molecular flexibility index (Phi) is 3.82. The Balaban J connectivity index is 1.55. The van der Waals surface area contributed by atoms with Crippen LogP contribution in [0.25, 0.3) is 0 Å². The van der Waals surface area contributed by atoms with Crippen LogP contribution in [0.3, 0.4) is 0 Å². The lowest BCUT2D eigenvalue weighted by Crippen LogP contribution is -2.42. The first-order valence-electron chi connectivity index (χ1n) is 6.34. The summed E-state index contributed by atoms with van der Waals surface area (Å²) in [5.74, 6) is 0. The lowest BCUT2D eigenvalue weighted by molar-refractivity contribution is 0.356. The molecule has 2 saturated carbocycles. The molecule has 2 fully saturated rings. The summed E-state index contributed by atoms with van der Waals surface area (Å²) < 4.78 is 0. The van der Waals surface area contributed by atoms with Crippen LogP contribution in [-0.4, -0.2) is 24.7 Å². The van der Waals surface area contributed by atoms with E-state index in [2.05, 4.69) is 17.6 Å². The minimum Gasteiger partial charge on any atom is -0.312 e. The smallest absolute Gasteiger partial charge is 0.0166 e. The lowest BCUT2D eigenvalue weighted by atomic mass is 9.95. The molecule has 0 bridgehead atoms. The molecule has 82 valence electrons. The van der Waals surface area contributed by atoms with Crippen LogP contribution in [0.1, 0.15) is 51.9 Å². The SMILES string of the molecule is CC(CNC1CCCCC1)NC1CC1. The zero-order chi connectivity index (χ0) is 9.80. The fourth-order valence-electron chi connectivity index (χ4n) is 2.36. The fourth-order valence-corrected chi connectivity index (χ4v) is 2.36. The molecule has 1 unspecified atom stereocenters. The largest absolute Gasteiger partial charge is 0.312 e. The summed E-state index contributed by atoms with van der Waals surface area (Å²) in [6.07, 6.45) is 9.91. The van der Waals surface area contributed by atoms with Gasteiger partial charge < -0.3 is 10.6 Å². The molecule has 2 aliphatic rings. The summed E-state index contributed by atoms with van der Waals surface area (Å²) in [6.45, 7) is 3.45. The van der Waals surface area contributed by atoms with Crippen LogP contribution < -0.4 is 10.6 Å². The highest BCUT2D eigenvalue weighted by molar-refractivity contribution is 4.84. The van der Waals surface area contributed by atoms with Crippen molar-refractivity contribution in [2.75, 3.05) is 6.54 Å². The van der Waals surface area contributed by atoms with Crippen molar-refractivity contribution in [2.24, 2.45) is 0 Å².